The lowest BCUT2D eigenvalue weighted by atomic mass is 10.1. The lowest BCUT2D eigenvalue weighted by Crippen LogP contribution is -2.28. The van der Waals surface area contributed by atoms with Gasteiger partial charge < -0.3 is 19.1 Å². The fraction of sp³-hybridized carbons (Fsp3) is 0.333. The highest BCUT2D eigenvalue weighted by Gasteiger charge is 2.35. The average Bonchev–Trinajstić information content (AvgIpc) is 3.03. The third-order valence-corrected chi connectivity index (χ3v) is 5.28. The maximum Gasteiger partial charge on any atom is 0.234 e. The third kappa shape index (κ3) is 3.51. The van der Waals surface area contributed by atoms with Crippen LogP contribution in [0.25, 0.3) is 0 Å². The number of thioether (sulfide) groups is 1. The number of carbonyl (C=O) groups is 1. The van der Waals surface area contributed by atoms with E-state index in [1.54, 1.807) is 56.3 Å². The molecule has 6 nitrogen and oxygen atoms in total. The molecule has 0 saturated carbocycles. The molecule has 3 rings (SSSR count). The summed E-state index contributed by atoms with van der Waals surface area (Å²) in [5.74, 6) is 2.39. The predicted octanol–water partition coefficient (Wildman–Crippen LogP) is 2.88. The quantitative estimate of drug-likeness (QED) is 0.789. The Labute approximate surface area is 151 Å². The van der Waals surface area contributed by atoms with E-state index in [2.05, 4.69) is 4.98 Å². The van der Waals surface area contributed by atoms with Gasteiger partial charge in [0.1, 0.15) is 22.6 Å². The van der Waals surface area contributed by atoms with Crippen LogP contribution in [0.2, 0.25) is 0 Å². The summed E-state index contributed by atoms with van der Waals surface area (Å²) in [5, 5.41) is -0.120. The molecule has 2 heterocycles. The molecular weight excluding hydrogens is 340 g/mol. The molecule has 25 heavy (non-hydrogen) atoms. The first-order chi connectivity index (χ1) is 12.2. The van der Waals surface area contributed by atoms with Crippen LogP contribution in [0.1, 0.15) is 16.6 Å². The van der Waals surface area contributed by atoms with E-state index in [1.807, 2.05) is 18.2 Å². The van der Waals surface area contributed by atoms with Crippen molar-refractivity contribution in [2.45, 2.75) is 11.9 Å². The minimum atomic E-state index is -0.120. The normalized spacial score (nSPS) is 16.8. The van der Waals surface area contributed by atoms with E-state index in [0.29, 0.717) is 29.5 Å². The second kappa shape index (κ2) is 7.65. The number of aromatic nitrogens is 1. The SMILES string of the molecule is COc1cc(OC)c(CN2C(=O)CSC2c2ccccn2)c(OC)c1. The number of ether oxygens (including phenoxy) is 3. The van der Waals surface area contributed by atoms with Crippen LogP contribution in [0.15, 0.2) is 36.5 Å². The van der Waals surface area contributed by atoms with E-state index in [9.17, 15) is 4.79 Å². The number of pyridine rings is 1. The van der Waals surface area contributed by atoms with Gasteiger partial charge >= 0.3 is 0 Å². The number of methoxy groups -OCH3 is 3. The number of benzene rings is 1. The highest BCUT2D eigenvalue weighted by atomic mass is 32.2. The predicted molar refractivity (Wildman–Crippen MR) is 96.1 cm³/mol. The Kier molecular flexibility index (Phi) is 5.33. The summed E-state index contributed by atoms with van der Waals surface area (Å²) < 4.78 is 16.3. The molecule has 1 amide bonds. The van der Waals surface area contributed by atoms with E-state index in [1.165, 1.54) is 0 Å². The molecule has 7 heteroatoms. The average molecular weight is 360 g/mol. The summed E-state index contributed by atoms with van der Waals surface area (Å²) in [6.45, 7) is 0.378. The van der Waals surface area contributed by atoms with Crippen LogP contribution in [-0.2, 0) is 11.3 Å². The molecule has 0 bridgehead atoms. The fourth-order valence-electron chi connectivity index (χ4n) is 2.80. The first kappa shape index (κ1) is 17.4. The second-order valence-corrected chi connectivity index (χ2v) is 6.52. The number of carbonyl (C=O) groups excluding carboxylic acids is 1. The molecule has 0 N–H and O–H groups in total. The molecule has 0 radical (unpaired) electrons. The van der Waals surface area contributed by atoms with Crippen LogP contribution >= 0.6 is 11.8 Å². The topological polar surface area (TPSA) is 60.9 Å². The van der Waals surface area contributed by atoms with E-state index in [4.69, 9.17) is 14.2 Å². The standard InChI is InChI=1S/C18H20N2O4S/c1-22-12-8-15(23-2)13(16(9-12)24-3)10-20-17(21)11-25-18(20)14-6-4-5-7-19-14/h4-9,18H,10-11H2,1-3H3. The van der Waals surface area contributed by atoms with Crippen molar-refractivity contribution >= 4 is 17.7 Å². The molecule has 1 aliphatic heterocycles. The van der Waals surface area contributed by atoms with E-state index >= 15 is 0 Å². The van der Waals surface area contributed by atoms with Gasteiger partial charge in [0.05, 0.1) is 44.9 Å². The van der Waals surface area contributed by atoms with Gasteiger partial charge in [-0.2, -0.15) is 0 Å². The first-order valence-electron chi connectivity index (χ1n) is 7.78. The fourth-order valence-corrected chi connectivity index (χ4v) is 3.94. The Hall–Kier alpha value is -2.41. The molecule has 0 spiro atoms. The maximum atomic E-state index is 12.5. The lowest BCUT2D eigenvalue weighted by Gasteiger charge is -2.25. The van der Waals surface area contributed by atoms with Crippen LogP contribution in [0.3, 0.4) is 0 Å². The van der Waals surface area contributed by atoms with Crippen LogP contribution in [-0.4, -0.2) is 42.9 Å². The summed E-state index contributed by atoms with van der Waals surface area (Å²) in [6, 6.07) is 9.32. The first-order valence-corrected chi connectivity index (χ1v) is 8.83. The van der Waals surface area contributed by atoms with Crippen molar-refractivity contribution in [3.63, 3.8) is 0 Å². The van der Waals surface area contributed by atoms with Crippen LogP contribution in [0.4, 0.5) is 0 Å². The molecule has 0 aliphatic carbocycles. The van der Waals surface area contributed by atoms with Gasteiger partial charge in [-0.25, -0.2) is 0 Å². The summed E-state index contributed by atoms with van der Waals surface area (Å²) >= 11 is 1.57. The van der Waals surface area contributed by atoms with Crippen molar-refractivity contribution in [2.75, 3.05) is 27.1 Å². The zero-order chi connectivity index (χ0) is 17.8. The number of nitrogens with zero attached hydrogens (tertiary/aromatic N) is 2. The van der Waals surface area contributed by atoms with Crippen LogP contribution < -0.4 is 14.2 Å². The van der Waals surface area contributed by atoms with Crippen molar-refractivity contribution in [1.82, 2.24) is 9.88 Å². The summed E-state index contributed by atoms with van der Waals surface area (Å²) in [5.41, 5.74) is 1.67. The molecular formula is C18H20N2O4S. The summed E-state index contributed by atoms with van der Waals surface area (Å²) in [6.07, 6.45) is 1.74. The van der Waals surface area contributed by atoms with Crippen LogP contribution in [0, 0.1) is 0 Å². The molecule has 1 atom stereocenters. The van der Waals surface area contributed by atoms with Crippen molar-refractivity contribution in [3.8, 4) is 17.2 Å². The van der Waals surface area contributed by atoms with Crippen molar-refractivity contribution in [2.24, 2.45) is 0 Å². The molecule has 1 saturated heterocycles. The summed E-state index contributed by atoms with van der Waals surface area (Å²) in [7, 11) is 4.77. The number of hydrogen-bond donors (Lipinski definition) is 0. The van der Waals surface area contributed by atoms with Gasteiger partial charge in [-0.15, -0.1) is 11.8 Å². The van der Waals surface area contributed by atoms with E-state index in [-0.39, 0.29) is 11.3 Å². The van der Waals surface area contributed by atoms with Gasteiger partial charge in [0.15, 0.2) is 0 Å². The van der Waals surface area contributed by atoms with Gasteiger partial charge in [0, 0.05) is 18.3 Å². The zero-order valence-corrected chi connectivity index (χ0v) is 15.2. The Balaban J connectivity index is 1.96. The Morgan fingerprint density at radius 3 is 2.44 bits per heavy atom. The van der Waals surface area contributed by atoms with Gasteiger partial charge in [-0.05, 0) is 12.1 Å². The van der Waals surface area contributed by atoms with Gasteiger partial charge in [-0.1, -0.05) is 6.07 Å². The Bertz CT molecular complexity index is 729. The largest absolute Gasteiger partial charge is 0.496 e. The Morgan fingerprint density at radius 1 is 1.16 bits per heavy atom. The van der Waals surface area contributed by atoms with Gasteiger partial charge in [-0.3, -0.25) is 9.78 Å². The van der Waals surface area contributed by atoms with Crippen molar-refractivity contribution in [1.29, 1.82) is 0 Å². The monoisotopic (exact) mass is 360 g/mol. The molecule has 1 aromatic heterocycles. The van der Waals surface area contributed by atoms with Crippen molar-refractivity contribution < 1.29 is 19.0 Å². The number of rotatable bonds is 6. The van der Waals surface area contributed by atoms with E-state index in [0.717, 1.165) is 11.3 Å². The number of hydrogen-bond acceptors (Lipinski definition) is 6. The minimum Gasteiger partial charge on any atom is -0.496 e. The summed E-state index contributed by atoms with van der Waals surface area (Å²) in [4.78, 5) is 18.7. The molecule has 1 aromatic carbocycles. The highest BCUT2D eigenvalue weighted by molar-refractivity contribution is 8.00. The third-order valence-electron chi connectivity index (χ3n) is 4.05. The molecule has 1 fully saturated rings. The van der Waals surface area contributed by atoms with Crippen molar-refractivity contribution in [3.05, 3.63) is 47.8 Å². The highest BCUT2D eigenvalue weighted by Crippen LogP contribution is 2.42. The maximum absolute atomic E-state index is 12.5. The lowest BCUT2D eigenvalue weighted by molar-refractivity contribution is -0.128. The van der Waals surface area contributed by atoms with Gasteiger partial charge in [0.25, 0.3) is 0 Å². The molecule has 1 aliphatic rings. The van der Waals surface area contributed by atoms with Crippen LogP contribution in [0.5, 0.6) is 17.2 Å². The second-order valence-electron chi connectivity index (χ2n) is 5.45. The number of amides is 1. The zero-order valence-electron chi connectivity index (χ0n) is 14.4. The minimum absolute atomic E-state index is 0.0700. The molecule has 2 aromatic rings. The smallest absolute Gasteiger partial charge is 0.234 e. The van der Waals surface area contributed by atoms with Gasteiger partial charge in [0.2, 0.25) is 5.91 Å². The molecule has 132 valence electrons. The Morgan fingerprint density at radius 2 is 1.88 bits per heavy atom. The van der Waals surface area contributed by atoms with E-state index < -0.39 is 0 Å². The molecule has 1 unspecified atom stereocenters.